The second-order valence-corrected chi connectivity index (χ2v) is 9.08. The summed E-state index contributed by atoms with van der Waals surface area (Å²) in [4.78, 5) is 30.6. The summed E-state index contributed by atoms with van der Waals surface area (Å²) in [6.45, 7) is 1.47. The van der Waals surface area contributed by atoms with Gasteiger partial charge in [-0.25, -0.2) is 0 Å². The quantitative estimate of drug-likeness (QED) is 0.687. The van der Waals surface area contributed by atoms with Gasteiger partial charge in [0.2, 0.25) is 11.8 Å². The van der Waals surface area contributed by atoms with Gasteiger partial charge in [-0.05, 0) is 43.0 Å². The molecule has 0 saturated carbocycles. The summed E-state index contributed by atoms with van der Waals surface area (Å²) < 4.78 is 0. The van der Waals surface area contributed by atoms with Crippen LogP contribution in [0.4, 0.5) is 5.69 Å². The third-order valence-electron chi connectivity index (χ3n) is 5.69. The molecule has 4 nitrogen and oxygen atoms in total. The third-order valence-corrected chi connectivity index (χ3v) is 7.10. The topological polar surface area (TPSA) is 40.6 Å². The molecule has 0 radical (unpaired) electrons. The van der Waals surface area contributed by atoms with E-state index in [1.165, 1.54) is 0 Å². The first kappa shape index (κ1) is 20.3. The Kier molecular flexibility index (Phi) is 6.46. The minimum atomic E-state index is 0.0351. The predicted octanol–water partition coefficient (Wildman–Crippen LogP) is 4.79. The maximum Gasteiger partial charge on any atom is 0.227 e. The highest BCUT2D eigenvalue weighted by Crippen LogP contribution is 2.34. The van der Waals surface area contributed by atoms with E-state index in [1.54, 1.807) is 11.8 Å². The Bertz CT molecular complexity index is 904. The number of hydrogen-bond donors (Lipinski definition) is 0. The number of likely N-dealkylation sites (tertiary alicyclic amines) is 1. The Hall–Kier alpha value is -1.98. The standard InChI is InChI=1S/C23H25ClN2O2S/c24-19-8-2-1-6-17(19)16-18-7-5-13-25(18)22(27)11-12-23(28)26-14-15-29-21-10-4-3-9-20(21)26/h1-4,6,8-10,18H,5,7,11-16H2. The molecule has 4 rings (SSSR count). The van der Waals surface area contributed by atoms with E-state index in [0.717, 1.165) is 52.7 Å². The number of anilines is 1. The fraction of sp³-hybridized carbons (Fsp3) is 0.391. The number of para-hydroxylation sites is 1. The molecule has 0 N–H and O–H groups in total. The van der Waals surface area contributed by atoms with Crippen LogP contribution in [0.3, 0.4) is 0 Å². The van der Waals surface area contributed by atoms with Gasteiger partial charge in [-0.3, -0.25) is 9.59 Å². The monoisotopic (exact) mass is 428 g/mol. The minimum Gasteiger partial charge on any atom is -0.339 e. The molecule has 2 amide bonds. The van der Waals surface area contributed by atoms with Crippen molar-refractivity contribution in [2.24, 2.45) is 0 Å². The molecule has 1 atom stereocenters. The number of rotatable bonds is 5. The molecule has 0 aromatic heterocycles. The van der Waals surface area contributed by atoms with E-state index >= 15 is 0 Å². The highest BCUT2D eigenvalue weighted by Gasteiger charge is 2.30. The van der Waals surface area contributed by atoms with Crippen LogP contribution in [0.25, 0.3) is 0 Å². The number of benzene rings is 2. The molecule has 6 heteroatoms. The van der Waals surface area contributed by atoms with Crippen LogP contribution in [0.2, 0.25) is 5.02 Å². The lowest BCUT2D eigenvalue weighted by atomic mass is 10.0. The second-order valence-electron chi connectivity index (χ2n) is 7.54. The Morgan fingerprint density at radius 3 is 2.62 bits per heavy atom. The van der Waals surface area contributed by atoms with E-state index in [4.69, 9.17) is 11.6 Å². The predicted molar refractivity (Wildman–Crippen MR) is 119 cm³/mol. The molecular formula is C23H25ClN2O2S. The van der Waals surface area contributed by atoms with Gasteiger partial charge < -0.3 is 9.80 Å². The number of halogens is 1. The van der Waals surface area contributed by atoms with Gasteiger partial charge in [0.25, 0.3) is 0 Å². The molecule has 0 bridgehead atoms. The Labute approximate surface area is 181 Å². The van der Waals surface area contributed by atoms with Crippen LogP contribution in [0.5, 0.6) is 0 Å². The summed E-state index contributed by atoms with van der Waals surface area (Å²) in [5, 5.41) is 0.753. The molecule has 2 aliphatic rings. The van der Waals surface area contributed by atoms with Crippen LogP contribution in [0, 0.1) is 0 Å². The second kappa shape index (κ2) is 9.23. The van der Waals surface area contributed by atoms with E-state index in [2.05, 4.69) is 0 Å². The summed E-state index contributed by atoms with van der Waals surface area (Å²) >= 11 is 8.08. The number of carbonyl (C=O) groups is 2. The zero-order valence-corrected chi connectivity index (χ0v) is 17.9. The number of fused-ring (bicyclic) bond motifs is 1. The van der Waals surface area contributed by atoms with Crippen LogP contribution >= 0.6 is 23.4 Å². The van der Waals surface area contributed by atoms with Crippen molar-refractivity contribution in [3.63, 3.8) is 0 Å². The van der Waals surface area contributed by atoms with E-state index in [1.807, 2.05) is 58.3 Å². The average Bonchev–Trinajstić information content (AvgIpc) is 3.21. The number of nitrogens with zero attached hydrogens (tertiary/aromatic N) is 2. The van der Waals surface area contributed by atoms with Crippen molar-refractivity contribution in [3.05, 3.63) is 59.1 Å². The lowest BCUT2D eigenvalue weighted by Gasteiger charge is -2.29. The zero-order valence-electron chi connectivity index (χ0n) is 16.4. The largest absolute Gasteiger partial charge is 0.339 e. The molecule has 0 aliphatic carbocycles. The molecule has 2 aliphatic heterocycles. The van der Waals surface area contributed by atoms with Gasteiger partial charge in [-0.15, -0.1) is 11.8 Å². The first-order chi connectivity index (χ1) is 14.1. The van der Waals surface area contributed by atoms with E-state index in [9.17, 15) is 9.59 Å². The Morgan fingerprint density at radius 2 is 1.76 bits per heavy atom. The first-order valence-electron chi connectivity index (χ1n) is 10.2. The van der Waals surface area contributed by atoms with Crippen LogP contribution in [-0.4, -0.2) is 41.6 Å². The van der Waals surface area contributed by atoms with Crippen molar-refractivity contribution in [3.8, 4) is 0 Å². The molecule has 2 heterocycles. The van der Waals surface area contributed by atoms with Gasteiger partial charge in [0, 0.05) is 47.6 Å². The minimum absolute atomic E-state index is 0.0351. The summed E-state index contributed by atoms with van der Waals surface area (Å²) in [7, 11) is 0. The highest BCUT2D eigenvalue weighted by atomic mass is 35.5. The summed E-state index contributed by atoms with van der Waals surface area (Å²) in [6.07, 6.45) is 3.29. The van der Waals surface area contributed by atoms with Crippen molar-refractivity contribution in [2.75, 3.05) is 23.7 Å². The van der Waals surface area contributed by atoms with Gasteiger partial charge in [-0.1, -0.05) is 41.9 Å². The SMILES string of the molecule is O=C(CCC(=O)N1CCCC1Cc1ccccc1Cl)N1CCSc2ccccc21. The van der Waals surface area contributed by atoms with Crippen molar-refractivity contribution in [2.45, 2.75) is 43.0 Å². The molecule has 1 saturated heterocycles. The van der Waals surface area contributed by atoms with Gasteiger partial charge in [0.1, 0.15) is 0 Å². The highest BCUT2D eigenvalue weighted by molar-refractivity contribution is 7.99. The van der Waals surface area contributed by atoms with E-state index in [0.29, 0.717) is 6.54 Å². The maximum atomic E-state index is 12.9. The van der Waals surface area contributed by atoms with Crippen molar-refractivity contribution in [1.82, 2.24) is 4.90 Å². The molecule has 2 aromatic carbocycles. The molecule has 152 valence electrons. The molecule has 1 unspecified atom stereocenters. The van der Waals surface area contributed by atoms with Crippen LogP contribution < -0.4 is 4.90 Å². The van der Waals surface area contributed by atoms with Crippen LogP contribution in [0.15, 0.2) is 53.4 Å². The van der Waals surface area contributed by atoms with Gasteiger partial charge in [-0.2, -0.15) is 0 Å². The van der Waals surface area contributed by atoms with Crippen molar-refractivity contribution < 1.29 is 9.59 Å². The molecule has 2 aromatic rings. The molecule has 0 spiro atoms. The molecule has 1 fully saturated rings. The number of hydrogen-bond acceptors (Lipinski definition) is 3. The van der Waals surface area contributed by atoms with Crippen LogP contribution in [0.1, 0.15) is 31.2 Å². The molecular weight excluding hydrogens is 404 g/mol. The first-order valence-corrected chi connectivity index (χ1v) is 11.5. The fourth-order valence-corrected chi connectivity index (χ4v) is 5.42. The summed E-state index contributed by atoms with van der Waals surface area (Å²) in [5.74, 6) is 1.00. The zero-order chi connectivity index (χ0) is 20.2. The lowest BCUT2D eigenvalue weighted by molar-refractivity contribution is -0.133. The summed E-state index contributed by atoms with van der Waals surface area (Å²) in [5.41, 5.74) is 2.05. The van der Waals surface area contributed by atoms with Gasteiger partial charge in [0.15, 0.2) is 0 Å². The normalized spacial score (nSPS) is 18.6. The smallest absolute Gasteiger partial charge is 0.227 e. The van der Waals surface area contributed by atoms with E-state index < -0.39 is 0 Å². The lowest BCUT2D eigenvalue weighted by Crippen LogP contribution is -2.39. The van der Waals surface area contributed by atoms with Crippen molar-refractivity contribution in [1.29, 1.82) is 0 Å². The number of amides is 2. The van der Waals surface area contributed by atoms with E-state index in [-0.39, 0.29) is 30.7 Å². The molecule has 29 heavy (non-hydrogen) atoms. The summed E-state index contributed by atoms with van der Waals surface area (Å²) in [6, 6.07) is 16.0. The van der Waals surface area contributed by atoms with Crippen molar-refractivity contribution >= 4 is 40.9 Å². The number of thioether (sulfide) groups is 1. The third kappa shape index (κ3) is 4.62. The average molecular weight is 429 g/mol. The fourth-order valence-electron chi connectivity index (χ4n) is 4.22. The Morgan fingerprint density at radius 1 is 1.00 bits per heavy atom. The van der Waals surface area contributed by atoms with Crippen LogP contribution in [-0.2, 0) is 16.0 Å². The van der Waals surface area contributed by atoms with Gasteiger partial charge in [0.05, 0.1) is 5.69 Å². The Balaban J connectivity index is 1.36. The maximum absolute atomic E-state index is 12.9. The van der Waals surface area contributed by atoms with Gasteiger partial charge >= 0.3 is 0 Å². The number of carbonyl (C=O) groups excluding carboxylic acids is 2.